The Labute approximate surface area is 208 Å². The van der Waals surface area contributed by atoms with Gasteiger partial charge in [0.15, 0.2) is 5.65 Å². The largest absolute Gasteiger partial charge is 0.353 e. The summed E-state index contributed by atoms with van der Waals surface area (Å²) in [5, 5.41) is 9.36. The van der Waals surface area contributed by atoms with E-state index < -0.39 is 0 Å². The van der Waals surface area contributed by atoms with Crippen LogP contribution in [0, 0.1) is 43.9 Å². The number of nitrogens with one attached hydrogen (secondary N) is 1. The lowest BCUT2D eigenvalue weighted by Gasteiger charge is -2.59. The lowest BCUT2D eigenvalue weighted by molar-refractivity contribution is -0.125. The Morgan fingerprint density at radius 2 is 1.66 bits per heavy atom. The molecule has 1 amide bonds. The van der Waals surface area contributed by atoms with E-state index in [1.807, 2.05) is 22.9 Å². The van der Waals surface area contributed by atoms with Crippen LogP contribution in [0.1, 0.15) is 74.4 Å². The van der Waals surface area contributed by atoms with Gasteiger partial charge in [-0.3, -0.25) is 4.79 Å². The third-order valence-corrected chi connectivity index (χ3v) is 9.56. The highest BCUT2D eigenvalue weighted by Crippen LogP contribution is 2.61. The molecule has 184 valence electrons. The summed E-state index contributed by atoms with van der Waals surface area (Å²) in [6, 6.07) is 10.4. The Hall–Kier alpha value is -2.69. The minimum absolute atomic E-state index is 0.184. The number of benzene rings is 1. The third-order valence-electron chi connectivity index (χ3n) is 9.56. The van der Waals surface area contributed by atoms with Gasteiger partial charge in [-0.25, -0.2) is 9.67 Å². The van der Waals surface area contributed by atoms with Crippen molar-refractivity contribution in [1.82, 2.24) is 20.1 Å². The van der Waals surface area contributed by atoms with E-state index in [-0.39, 0.29) is 11.9 Å². The molecule has 1 unspecified atom stereocenters. The van der Waals surface area contributed by atoms with E-state index in [1.165, 1.54) is 49.7 Å². The molecule has 5 nitrogen and oxygen atoms in total. The summed E-state index contributed by atoms with van der Waals surface area (Å²) >= 11 is 0. The molecule has 4 fully saturated rings. The molecule has 35 heavy (non-hydrogen) atoms. The smallest absolute Gasteiger partial charge is 0.220 e. The monoisotopic (exact) mass is 470 g/mol. The first-order valence-corrected chi connectivity index (χ1v) is 13.5. The van der Waals surface area contributed by atoms with Crippen molar-refractivity contribution in [1.29, 1.82) is 0 Å². The predicted octanol–water partition coefficient (Wildman–Crippen LogP) is 6.00. The summed E-state index contributed by atoms with van der Waals surface area (Å²) in [5.74, 6) is 2.90. The highest BCUT2D eigenvalue weighted by Gasteiger charge is 2.53. The predicted molar refractivity (Wildman–Crippen MR) is 140 cm³/mol. The van der Waals surface area contributed by atoms with E-state index in [0.29, 0.717) is 11.8 Å². The number of aromatic nitrogens is 3. The molecule has 1 atom stereocenters. The first-order valence-electron chi connectivity index (χ1n) is 13.5. The molecule has 7 rings (SSSR count). The number of pyridine rings is 1. The maximum Gasteiger partial charge on any atom is 0.220 e. The number of carbonyl (C=O) groups excluding carboxylic acids is 1. The lowest BCUT2D eigenvalue weighted by Crippen LogP contribution is -2.55. The van der Waals surface area contributed by atoms with Crippen LogP contribution in [0.15, 0.2) is 30.3 Å². The van der Waals surface area contributed by atoms with Crippen LogP contribution in [0.2, 0.25) is 0 Å². The van der Waals surface area contributed by atoms with Crippen LogP contribution >= 0.6 is 0 Å². The minimum atomic E-state index is 0.184. The van der Waals surface area contributed by atoms with Gasteiger partial charge >= 0.3 is 0 Å². The van der Waals surface area contributed by atoms with Crippen molar-refractivity contribution in [2.45, 2.75) is 85.1 Å². The molecule has 4 bridgehead atoms. The molecule has 1 aromatic carbocycles. The fraction of sp³-hybridized carbons (Fsp3) is 0.567. The number of amides is 1. The molecule has 0 radical (unpaired) electrons. The van der Waals surface area contributed by atoms with Gasteiger partial charge in [0.1, 0.15) is 0 Å². The molecule has 0 spiro atoms. The summed E-state index contributed by atoms with van der Waals surface area (Å²) in [7, 11) is 0. The van der Waals surface area contributed by atoms with Crippen LogP contribution in [-0.2, 0) is 11.2 Å². The van der Waals surface area contributed by atoms with Crippen molar-refractivity contribution in [2.24, 2.45) is 23.2 Å². The number of para-hydroxylation sites is 1. The van der Waals surface area contributed by atoms with Gasteiger partial charge in [0.2, 0.25) is 5.91 Å². The normalized spacial score (nSPS) is 27.9. The molecule has 4 aliphatic carbocycles. The Morgan fingerprint density at radius 1 is 1.03 bits per heavy atom. The highest BCUT2D eigenvalue weighted by molar-refractivity contribution is 5.85. The zero-order valence-electron chi connectivity index (χ0n) is 21.6. The second-order valence-electron chi connectivity index (χ2n) is 11.9. The second-order valence-corrected chi connectivity index (χ2v) is 11.9. The molecule has 2 aromatic heterocycles. The van der Waals surface area contributed by atoms with Crippen LogP contribution in [0.5, 0.6) is 0 Å². The molecular formula is C30H38N4O. The maximum atomic E-state index is 13.1. The Kier molecular flexibility index (Phi) is 5.50. The zero-order valence-corrected chi connectivity index (χ0v) is 21.6. The number of fused-ring (bicyclic) bond motifs is 1. The van der Waals surface area contributed by atoms with Crippen molar-refractivity contribution in [2.75, 3.05) is 0 Å². The SMILES string of the molecule is Cc1nc2c(c(C)nn2-c2ccccc2)c(C)c1CCC(=O)NC(C)C12CC3CC(CC(C3)C1)C2. The second kappa shape index (κ2) is 8.46. The van der Waals surface area contributed by atoms with Crippen molar-refractivity contribution in [3.05, 3.63) is 52.8 Å². The lowest BCUT2D eigenvalue weighted by atomic mass is 9.48. The van der Waals surface area contributed by atoms with E-state index in [2.05, 4.69) is 45.1 Å². The fourth-order valence-electron chi connectivity index (χ4n) is 8.24. The first-order chi connectivity index (χ1) is 16.8. The van der Waals surface area contributed by atoms with Gasteiger partial charge in [-0.2, -0.15) is 5.10 Å². The van der Waals surface area contributed by atoms with Gasteiger partial charge in [-0.05, 0) is 119 Å². The molecular weight excluding hydrogens is 432 g/mol. The maximum absolute atomic E-state index is 13.1. The Bertz CT molecular complexity index is 1240. The van der Waals surface area contributed by atoms with E-state index in [0.717, 1.165) is 52.3 Å². The average molecular weight is 471 g/mol. The topological polar surface area (TPSA) is 59.8 Å². The highest BCUT2D eigenvalue weighted by atomic mass is 16.1. The number of hydrogen-bond donors (Lipinski definition) is 1. The van der Waals surface area contributed by atoms with Gasteiger partial charge in [0.05, 0.1) is 11.4 Å². The number of carbonyl (C=O) groups is 1. The summed E-state index contributed by atoms with van der Waals surface area (Å²) in [4.78, 5) is 18.1. The molecule has 3 aromatic rings. The third kappa shape index (κ3) is 3.88. The standard InChI is InChI=1S/C30H38N4O/c1-18-26(19(2)31-29-28(18)20(3)33-34(29)25-8-6-5-7-9-25)10-11-27(35)32-21(4)30-15-22-12-23(16-30)14-24(13-22)17-30/h5-9,21-24H,10-17H2,1-4H3,(H,32,35). The Balaban J connectivity index is 1.18. The molecule has 1 N–H and O–H groups in total. The summed E-state index contributed by atoms with van der Waals surface area (Å²) in [5.41, 5.74) is 6.62. The molecule has 0 aliphatic heterocycles. The first kappa shape index (κ1) is 22.8. The van der Waals surface area contributed by atoms with Crippen LogP contribution in [-0.4, -0.2) is 26.7 Å². The summed E-state index contributed by atoms with van der Waals surface area (Å²) in [6.07, 6.45) is 9.52. The van der Waals surface area contributed by atoms with Crippen molar-refractivity contribution < 1.29 is 4.79 Å². The quantitative estimate of drug-likeness (QED) is 0.481. The number of rotatable bonds is 6. The molecule has 0 saturated heterocycles. The van der Waals surface area contributed by atoms with Crippen LogP contribution < -0.4 is 5.32 Å². The average Bonchev–Trinajstić information content (AvgIpc) is 3.14. The van der Waals surface area contributed by atoms with Crippen LogP contribution in [0.4, 0.5) is 0 Å². The summed E-state index contributed by atoms with van der Waals surface area (Å²) in [6.45, 7) is 8.55. The van der Waals surface area contributed by atoms with Crippen molar-refractivity contribution in [3.8, 4) is 5.69 Å². The van der Waals surface area contributed by atoms with Gasteiger partial charge < -0.3 is 5.32 Å². The fourth-order valence-corrected chi connectivity index (χ4v) is 8.24. The van der Waals surface area contributed by atoms with Gasteiger partial charge in [-0.1, -0.05) is 18.2 Å². The van der Waals surface area contributed by atoms with E-state index in [9.17, 15) is 4.79 Å². The van der Waals surface area contributed by atoms with E-state index in [4.69, 9.17) is 10.1 Å². The molecule has 5 heteroatoms. The van der Waals surface area contributed by atoms with Gasteiger partial charge in [-0.15, -0.1) is 0 Å². The van der Waals surface area contributed by atoms with E-state index >= 15 is 0 Å². The van der Waals surface area contributed by atoms with Gasteiger partial charge in [0, 0.05) is 23.5 Å². The van der Waals surface area contributed by atoms with E-state index in [1.54, 1.807) is 0 Å². The summed E-state index contributed by atoms with van der Waals surface area (Å²) < 4.78 is 1.94. The minimum Gasteiger partial charge on any atom is -0.353 e. The number of hydrogen-bond acceptors (Lipinski definition) is 3. The van der Waals surface area contributed by atoms with Crippen LogP contribution in [0.3, 0.4) is 0 Å². The molecule has 2 heterocycles. The van der Waals surface area contributed by atoms with Gasteiger partial charge in [0.25, 0.3) is 0 Å². The number of nitrogens with zero attached hydrogens (tertiary/aromatic N) is 3. The van der Waals surface area contributed by atoms with Crippen molar-refractivity contribution >= 4 is 16.9 Å². The Morgan fingerprint density at radius 3 is 2.29 bits per heavy atom. The van der Waals surface area contributed by atoms with Crippen LogP contribution in [0.25, 0.3) is 16.7 Å². The molecule has 4 aliphatic rings. The number of aryl methyl sites for hydroxylation is 3. The van der Waals surface area contributed by atoms with Crippen molar-refractivity contribution in [3.63, 3.8) is 0 Å². The molecule has 4 saturated carbocycles. The zero-order chi connectivity index (χ0) is 24.3.